The van der Waals surface area contributed by atoms with Crippen molar-refractivity contribution >= 4 is 11.6 Å². The third kappa shape index (κ3) is 2.42. The summed E-state index contributed by atoms with van der Waals surface area (Å²) in [6, 6.07) is 13.2. The van der Waals surface area contributed by atoms with E-state index in [1.807, 2.05) is 42.5 Å². The minimum Gasteiger partial charge on any atom is -0.399 e. The van der Waals surface area contributed by atoms with Crippen molar-refractivity contribution in [3.8, 4) is 22.5 Å². The van der Waals surface area contributed by atoms with Crippen LogP contribution in [-0.2, 0) is 0 Å². The summed E-state index contributed by atoms with van der Waals surface area (Å²) in [6.45, 7) is 0. The van der Waals surface area contributed by atoms with Crippen molar-refractivity contribution < 1.29 is 0 Å². The van der Waals surface area contributed by atoms with Gasteiger partial charge in [-0.15, -0.1) is 0 Å². The maximum absolute atomic E-state index is 5.80. The molecule has 4 N–H and O–H groups in total. The molecule has 0 unspecified atom stereocenters. The lowest BCUT2D eigenvalue weighted by molar-refractivity contribution is 1.19. The summed E-state index contributed by atoms with van der Waals surface area (Å²) < 4.78 is 0. The zero-order chi connectivity index (χ0) is 13.9. The smallest absolute Gasteiger partial charge is 0.221 e. The van der Waals surface area contributed by atoms with Crippen LogP contribution in [0.4, 0.5) is 11.6 Å². The number of nitrogen functional groups attached to an aromatic ring is 2. The summed E-state index contributed by atoms with van der Waals surface area (Å²) in [7, 11) is 0. The van der Waals surface area contributed by atoms with E-state index in [-0.39, 0.29) is 5.95 Å². The molecule has 0 radical (unpaired) electrons. The van der Waals surface area contributed by atoms with E-state index in [0.29, 0.717) is 5.69 Å². The Labute approximate surface area is 116 Å². The molecule has 0 aliphatic heterocycles. The zero-order valence-corrected chi connectivity index (χ0v) is 10.7. The zero-order valence-electron chi connectivity index (χ0n) is 10.7. The number of hydrogen-bond acceptors (Lipinski definition) is 5. The summed E-state index contributed by atoms with van der Waals surface area (Å²) >= 11 is 0. The third-order valence-corrected chi connectivity index (χ3v) is 2.93. The van der Waals surface area contributed by atoms with Crippen LogP contribution in [0.2, 0.25) is 0 Å². The molecule has 2 heterocycles. The molecule has 1 aromatic carbocycles. The Kier molecular flexibility index (Phi) is 3.01. The lowest BCUT2D eigenvalue weighted by Crippen LogP contribution is -1.98. The molecular formula is C15H13N5. The number of pyridine rings is 1. The molecule has 3 aromatic rings. The van der Waals surface area contributed by atoms with Crippen molar-refractivity contribution in [2.24, 2.45) is 0 Å². The number of rotatable bonds is 2. The Morgan fingerprint density at radius 2 is 1.25 bits per heavy atom. The number of nitrogens with two attached hydrogens (primary N) is 2. The number of hydrogen-bond donors (Lipinski definition) is 2. The molecule has 0 fully saturated rings. The van der Waals surface area contributed by atoms with E-state index in [2.05, 4.69) is 15.0 Å². The average Bonchev–Trinajstić information content (AvgIpc) is 2.48. The average molecular weight is 263 g/mol. The van der Waals surface area contributed by atoms with Crippen molar-refractivity contribution in [3.63, 3.8) is 0 Å². The van der Waals surface area contributed by atoms with E-state index in [0.717, 1.165) is 22.5 Å². The van der Waals surface area contributed by atoms with Gasteiger partial charge in [-0.1, -0.05) is 12.1 Å². The third-order valence-electron chi connectivity index (χ3n) is 2.93. The molecule has 2 aromatic heterocycles. The SMILES string of the molecule is Nc1ccc(-c2cc(-c3ccncc3)nc(N)n2)cc1. The van der Waals surface area contributed by atoms with Crippen molar-refractivity contribution in [1.82, 2.24) is 15.0 Å². The Morgan fingerprint density at radius 1 is 0.700 bits per heavy atom. The fraction of sp³-hybridized carbons (Fsp3) is 0. The van der Waals surface area contributed by atoms with Crippen molar-refractivity contribution in [2.45, 2.75) is 0 Å². The summed E-state index contributed by atoms with van der Waals surface area (Å²) in [5.41, 5.74) is 15.6. The molecule has 0 saturated carbocycles. The molecular weight excluding hydrogens is 250 g/mol. The molecule has 98 valence electrons. The van der Waals surface area contributed by atoms with Crippen molar-refractivity contribution in [3.05, 3.63) is 54.9 Å². The second-order valence-corrected chi connectivity index (χ2v) is 4.35. The van der Waals surface area contributed by atoms with Gasteiger partial charge >= 0.3 is 0 Å². The van der Waals surface area contributed by atoms with Gasteiger partial charge in [0.25, 0.3) is 0 Å². The molecule has 0 spiro atoms. The molecule has 0 amide bonds. The van der Waals surface area contributed by atoms with Crippen molar-refractivity contribution in [1.29, 1.82) is 0 Å². The Hall–Kier alpha value is -2.95. The van der Waals surface area contributed by atoms with Crippen LogP contribution in [0, 0.1) is 0 Å². The van der Waals surface area contributed by atoms with Gasteiger partial charge < -0.3 is 11.5 Å². The summed E-state index contributed by atoms with van der Waals surface area (Å²) in [5, 5.41) is 0. The van der Waals surface area contributed by atoms with Gasteiger partial charge in [-0.25, -0.2) is 9.97 Å². The number of benzene rings is 1. The molecule has 20 heavy (non-hydrogen) atoms. The van der Waals surface area contributed by atoms with Crippen LogP contribution in [0.3, 0.4) is 0 Å². The predicted molar refractivity (Wildman–Crippen MR) is 79.5 cm³/mol. The lowest BCUT2D eigenvalue weighted by Gasteiger charge is -2.06. The van der Waals surface area contributed by atoms with E-state index in [1.165, 1.54) is 0 Å². The topological polar surface area (TPSA) is 90.7 Å². The van der Waals surface area contributed by atoms with Gasteiger partial charge in [-0.05, 0) is 30.3 Å². The van der Waals surface area contributed by atoms with Gasteiger partial charge in [0.05, 0.1) is 11.4 Å². The molecule has 3 rings (SSSR count). The van der Waals surface area contributed by atoms with Crippen LogP contribution in [0.5, 0.6) is 0 Å². The van der Waals surface area contributed by atoms with Gasteiger partial charge in [0.15, 0.2) is 0 Å². The predicted octanol–water partition coefficient (Wildman–Crippen LogP) is 2.37. The molecule has 5 heteroatoms. The first-order chi connectivity index (χ1) is 9.72. The second kappa shape index (κ2) is 4.97. The van der Waals surface area contributed by atoms with Gasteiger partial charge in [-0.3, -0.25) is 4.98 Å². The Morgan fingerprint density at radius 3 is 1.85 bits per heavy atom. The number of aromatic nitrogens is 3. The first-order valence-corrected chi connectivity index (χ1v) is 6.13. The maximum Gasteiger partial charge on any atom is 0.221 e. The monoisotopic (exact) mass is 263 g/mol. The van der Waals surface area contributed by atoms with E-state index >= 15 is 0 Å². The first kappa shape index (κ1) is 12.1. The van der Waals surface area contributed by atoms with Crippen molar-refractivity contribution in [2.75, 3.05) is 11.5 Å². The maximum atomic E-state index is 5.80. The summed E-state index contributed by atoms with van der Waals surface area (Å²) in [4.78, 5) is 12.5. The lowest BCUT2D eigenvalue weighted by atomic mass is 10.1. The van der Waals surface area contributed by atoms with Crippen LogP contribution in [0.1, 0.15) is 0 Å². The van der Waals surface area contributed by atoms with E-state index in [4.69, 9.17) is 11.5 Å². The number of anilines is 2. The highest BCUT2D eigenvalue weighted by Gasteiger charge is 2.06. The summed E-state index contributed by atoms with van der Waals surface area (Å²) in [5.74, 6) is 0.242. The Balaban J connectivity index is 2.09. The van der Waals surface area contributed by atoms with E-state index < -0.39 is 0 Å². The molecule has 0 aliphatic rings. The summed E-state index contributed by atoms with van der Waals surface area (Å²) in [6.07, 6.45) is 3.44. The fourth-order valence-electron chi connectivity index (χ4n) is 1.94. The fourth-order valence-corrected chi connectivity index (χ4v) is 1.94. The minimum atomic E-state index is 0.242. The number of nitrogens with zero attached hydrogens (tertiary/aromatic N) is 3. The molecule has 0 bridgehead atoms. The van der Waals surface area contributed by atoms with Crippen LogP contribution in [0.15, 0.2) is 54.9 Å². The first-order valence-electron chi connectivity index (χ1n) is 6.13. The highest BCUT2D eigenvalue weighted by atomic mass is 15.0. The molecule has 5 nitrogen and oxygen atoms in total. The van der Waals surface area contributed by atoms with E-state index in [9.17, 15) is 0 Å². The largest absolute Gasteiger partial charge is 0.399 e. The van der Waals surface area contributed by atoms with Crippen LogP contribution in [0.25, 0.3) is 22.5 Å². The highest BCUT2D eigenvalue weighted by Crippen LogP contribution is 2.24. The quantitative estimate of drug-likeness (QED) is 0.693. The second-order valence-electron chi connectivity index (χ2n) is 4.35. The van der Waals surface area contributed by atoms with Gasteiger partial charge in [0, 0.05) is 29.2 Å². The molecule has 0 atom stereocenters. The van der Waals surface area contributed by atoms with E-state index in [1.54, 1.807) is 12.4 Å². The standard InChI is InChI=1S/C15H13N5/c16-12-3-1-10(2-4-12)13-9-14(20-15(17)19-13)11-5-7-18-8-6-11/h1-9H,16H2,(H2,17,19,20). The molecule has 0 saturated heterocycles. The molecule has 0 aliphatic carbocycles. The normalized spacial score (nSPS) is 10.4. The van der Waals surface area contributed by atoms with Gasteiger partial charge in [0.1, 0.15) is 0 Å². The highest BCUT2D eigenvalue weighted by molar-refractivity contribution is 5.69. The van der Waals surface area contributed by atoms with Crippen LogP contribution in [-0.4, -0.2) is 15.0 Å². The van der Waals surface area contributed by atoms with Gasteiger partial charge in [-0.2, -0.15) is 0 Å². The van der Waals surface area contributed by atoms with Crippen LogP contribution >= 0.6 is 0 Å². The minimum absolute atomic E-state index is 0.242. The van der Waals surface area contributed by atoms with Crippen LogP contribution < -0.4 is 11.5 Å². The van der Waals surface area contributed by atoms with Gasteiger partial charge in [0.2, 0.25) is 5.95 Å². The Bertz CT molecular complexity index is 723.